The Labute approximate surface area is 108 Å². The third-order valence-corrected chi connectivity index (χ3v) is 2.95. The van der Waals surface area contributed by atoms with E-state index in [9.17, 15) is 13.2 Å². The standard InChI is InChI=1S/C10H15ClF3N3O/c1-3-17-7(9(11)6(2)16-17)4-15-5-8(18)10(12,13)14/h8,15,18H,3-5H2,1-2H3. The number of hydrogen-bond donors (Lipinski definition) is 2. The molecule has 4 nitrogen and oxygen atoms in total. The Kier molecular flexibility index (Phi) is 5.01. The van der Waals surface area contributed by atoms with Gasteiger partial charge < -0.3 is 10.4 Å². The van der Waals surface area contributed by atoms with Gasteiger partial charge in [0.15, 0.2) is 6.10 Å². The van der Waals surface area contributed by atoms with Crippen LogP contribution in [0.15, 0.2) is 0 Å². The van der Waals surface area contributed by atoms with E-state index in [0.717, 1.165) is 0 Å². The van der Waals surface area contributed by atoms with Crippen molar-refractivity contribution in [3.8, 4) is 0 Å². The molecule has 0 aromatic carbocycles. The van der Waals surface area contributed by atoms with E-state index in [2.05, 4.69) is 10.4 Å². The minimum Gasteiger partial charge on any atom is -0.382 e. The number of hydrogen-bond acceptors (Lipinski definition) is 3. The van der Waals surface area contributed by atoms with Crippen LogP contribution in [-0.4, -0.2) is 33.7 Å². The Morgan fingerprint density at radius 2 is 2.11 bits per heavy atom. The molecule has 1 unspecified atom stereocenters. The molecule has 8 heteroatoms. The van der Waals surface area contributed by atoms with Gasteiger partial charge in [-0.05, 0) is 13.8 Å². The van der Waals surface area contributed by atoms with Crippen molar-refractivity contribution < 1.29 is 18.3 Å². The maximum atomic E-state index is 12.1. The van der Waals surface area contributed by atoms with Gasteiger partial charge in [-0.2, -0.15) is 18.3 Å². The second-order valence-electron chi connectivity index (χ2n) is 3.85. The molecule has 0 aliphatic rings. The molecular formula is C10H15ClF3N3O. The highest BCUT2D eigenvalue weighted by atomic mass is 35.5. The van der Waals surface area contributed by atoms with E-state index in [0.29, 0.717) is 23.0 Å². The van der Waals surface area contributed by atoms with Crippen LogP contribution in [-0.2, 0) is 13.1 Å². The molecular weight excluding hydrogens is 271 g/mol. The van der Waals surface area contributed by atoms with Crippen molar-refractivity contribution in [2.24, 2.45) is 0 Å². The average molecular weight is 286 g/mol. The van der Waals surface area contributed by atoms with Crippen molar-refractivity contribution in [1.29, 1.82) is 0 Å². The first kappa shape index (κ1) is 15.3. The van der Waals surface area contributed by atoms with Crippen LogP contribution in [0, 0.1) is 6.92 Å². The molecule has 1 heterocycles. The Balaban J connectivity index is 2.59. The zero-order chi connectivity index (χ0) is 13.9. The van der Waals surface area contributed by atoms with Crippen LogP contribution < -0.4 is 5.32 Å². The fraction of sp³-hybridized carbons (Fsp3) is 0.700. The first-order valence-electron chi connectivity index (χ1n) is 5.44. The predicted octanol–water partition coefficient (Wildman–Crippen LogP) is 1.88. The Hall–Kier alpha value is -0.790. The summed E-state index contributed by atoms with van der Waals surface area (Å²) in [6.07, 6.45) is -6.99. The molecule has 0 saturated heterocycles. The normalized spacial score (nSPS) is 13.9. The van der Waals surface area contributed by atoms with Gasteiger partial charge in [-0.25, -0.2) is 0 Å². The quantitative estimate of drug-likeness (QED) is 0.868. The third-order valence-electron chi connectivity index (χ3n) is 2.46. The maximum absolute atomic E-state index is 12.1. The first-order valence-corrected chi connectivity index (χ1v) is 5.82. The lowest BCUT2D eigenvalue weighted by Crippen LogP contribution is -2.38. The summed E-state index contributed by atoms with van der Waals surface area (Å²) in [6, 6.07) is 0. The molecule has 0 spiro atoms. The van der Waals surface area contributed by atoms with Gasteiger partial charge in [-0.1, -0.05) is 11.6 Å². The van der Waals surface area contributed by atoms with Crippen LogP contribution in [0.1, 0.15) is 18.3 Å². The Morgan fingerprint density at radius 3 is 2.61 bits per heavy atom. The number of aromatic nitrogens is 2. The average Bonchev–Trinajstić information content (AvgIpc) is 2.55. The van der Waals surface area contributed by atoms with Crippen molar-refractivity contribution in [1.82, 2.24) is 15.1 Å². The number of halogens is 4. The van der Waals surface area contributed by atoms with Crippen LogP contribution in [0.4, 0.5) is 13.2 Å². The number of aliphatic hydroxyl groups excluding tert-OH is 1. The van der Waals surface area contributed by atoms with Crippen LogP contribution in [0.3, 0.4) is 0 Å². The number of aliphatic hydroxyl groups is 1. The highest BCUT2D eigenvalue weighted by Crippen LogP contribution is 2.21. The zero-order valence-corrected chi connectivity index (χ0v) is 10.8. The van der Waals surface area contributed by atoms with Gasteiger partial charge in [-0.15, -0.1) is 0 Å². The van der Waals surface area contributed by atoms with Crippen LogP contribution >= 0.6 is 11.6 Å². The first-order chi connectivity index (χ1) is 8.27. The summed E-state index contributed by atoms with van der Waals surface area (Å²) in [5.41, 5.74) is 1.25. The molecule has 104 valence electrons. The number of rotatable bonds is 5. The van der Waals surface area contributed by atoms with E-state index >= 15 is 0 Å². The Morgan fingerprint density at radius 1 is 1.50 bits per heavy atom. The third kappa shape index (κ3) is 3.60. The molecule has 0 amide bonds. The van der Waals surface area contributed by atoms with Gasteiger partial charge in [-0.3, -0.25) is 4.68 Å². The summed E-state index contributed by atoms with van der Waals surface area (Å²) in [6.45, 7) is 3.71. The highest BCUT2D eigenvalue weighted by Gasteiger charge is 2.37. The fourth-order valence-corrected chi connectivity index (χ4v) is 1.68. The smallest absolute Gasteiger partial charge is 0.382 e. The van der Waals surface area contributed by atoms with E-state index < -0.39 is 18.8 Å². The van der Waals surface area contributed by atoms with E-state index in [1.807, 2.05) is 6.92 Å². The van der Waals surface area contributed by atoms with Gasteiger partial charge in [0.1, 0.15) is 0 Å². The maximum Gasteiger partial charge on any atom is 0.415 e. The predicted molar refractivity (Wildman–Crippen MR) is 61.4 cm³/mol. The van der Waals surface area contributed by atoms with E-state index in [1.165, 1.54) is 0 Å². The minimum absolute atomic E-state index is 0.126. The number of nitrogens with one attached hydrogen (secondary N) is 1. The second-order valence-corrected chi connectivity index (χ2v) is 4.23. The molecule has 18 heavy (non-hydrogen) atoms. The van der Waals surface area contributed by atoms with Gasteiger partial charge in [0.2, 0.25) is 0 Å². The molecule has 1 aromatic rings. The van der Waals surface area contributed by atoms with Gasteiger partial charge in [0.25, 0.3) is 0 Å². The largest absolute Gasteiger partial charge is 0.415 e. The molecule has 0 aliphatic heterocycles. The van der Waals surface area contributed by atoms with Crippen molar-refractivity contribution in [3.05, 3.63) is 16.4 Å². The summed E-state index contributed by atoms with van der Waals surface area (Å²) in [5, 5.41) is 15.9. The lowest BCUT2D eigenvalue weighted by molar-refractivity contribution is -0.201. The molecule has 1 atom stereocenters. The van der Waals surface area contributed by atoms with Crippen molar-refractivity contribution in [2.45, 2.75) is 39.2 Å². The van der Waals surface area contributed by atoms with E-state index in [4.69, 9.17) is 16.7 Å². The lowest BCUT2D eigenvalue weighted by atomic mass is 10.3. The van der Waals surface area contributed by atoms with Crippen molar-refractivity contribution >= 4 is 11.6 Å². The topological polar surface area (TPSA) is 50.1 Å². The lowest BCUT2D eigenvalue weighted by Gasteiger charge is -2.15. The molecule has 1 aromatic heterocycles. The molecule has 0 saturated carbocycles. The van der Waals surface area contributed by atoms with Crippen LogP contribution in [0.2, 0.25) is 5.02 Å². The molecule has 0 fully saturated rings. The van der Waals surface area contributed by atoms with Crippen molar-refractivity contribution in [3.63, 3.8) is 0 Å². The number of aryl methyl sites for hydroxylation is 2. The van der Waals surface area contributed by atoms with Crippen LogP contribution in [0.5, 0.6) is 0 Å². The van der Waals surface area contributed by atoms with E-state index in [1.54, 1.807) is 11.6 Å². The second kappa shape index (κ2) is 5.90. The summed E-state index contributed by atoms with van der Waals surface area (Å²) >= 11 is 5.99. The van der Waals surface area contributed by atoms with Gasteiger partial charge in [0.05, 0.1) is 16.4 Å². The van der Waals surface area contributed by atoms with E-state index in [-0.39, 0.29) is 6.54 Å². The molecule has 0 bridgehead atoms. The fourth-order valence-electron chi connectivity index (χ4n) is 1.48. The zero-order valence-electron chi connectivity index (χ0n) is 10.1. The van der Waals surface area contributed by atoms with Gasteiger partial charge >= 0.3 is 6.18 Å². The number of alkyl halides is 3. The van der Waals surface area contributed by atoms with Gasteiger partial charge in [0, 0.05) is 19.6 Å². The highest BCUT2D eigenvalue weighted by molar-refractivity contribution is 6.31. The molecule has 0 radical (unpaired) electrons. The molecule has 1 rings (SSSR count). The SMILES string of the molecule is CCn1nc(C)c(Cl)c1CNCC(O)C(F)(F)F. The summed E-state index contributed by atoms with van der Waals surface area (Å²) in [5.74, 6) is 0. The minimum atomic E-state index is -4.61. The van der Waals surface area contributed by atoms with Crippen molar-refractivity contribution in [2.75, 3.05) is 6.54 Å². The summed E-state index contributed by atoms with van der Waals surface area (Å²) < 4.78 is 37.8. The molecule has 0 aliphatic carbocycles. The summed E-state index contributed by atoms with van der Waals surface area (Å²) in [4.78, 5) is 0. The summed E-state index contributed by atoms with van der Waals surface area (Å²) in [7, 11) is 0. The van der Waals surface area contributed by atoms with Crippen LogP contribution in [0.25, 0.3) is 0 Å². The molecule has 2 N–H and O–H groups in total. The Bertz CT molecular complexity index is 406. The number of nitrogens with zero attached hydrogens (tertiary/aromatic N) is 2. The monoisotopic (exact) mass is 285 g/mol.